The van der Waals surface area contributed by atoms with Crippen LogP contribution in [0.1, 0.15) is 19.8 Å². The minimum absolute atomic E-state index is 0.828. The predicted molar refractivity (Wildman–Crippen MR) is 52.1 cm³/mol. The molecule has 0 aliphatic heterocycles. The highest BCUT2D eigenvalue weighted by Gasteiger charge is 2.00. The molecule has 1 heteroatoms. The number of hydrogen-bond acceptors (Lipinski definition) is 1. The summed E-state index contributed by atoms with van der Waals surface area (Å²) in [6.45, 7) is 2.99. The van der Waals surface area contributed by atoms with Crippen LogP contribution in [0.15, 0.2) is 35.5 Å². The van der Waals surface area contributed by atoms with Crippen molar-refractivity contribution < 1.29 is 4.74 Å². The smallest absolute Gasteiger partial charge is 0.0499 e. The van der Waals surface area contributed by atoms with Crippen molar-refractivity contribution in [2.24, 2.45) is 0 Å². The molecule has 0 amide bonds. The van der Waals surface area contributed by atoms with Crippen LogP contribution in [-0.2, 0) is 4.74 Å². The molecule has 12 heavy (non-hydrogen) atoms. The number of rotatable bonds is 3. The molecule has 1 nitrogen and oxygen atoms in total. The van der Waals surface area contributed by atoms with Gasteiger partial charge >= 0.3 is 0 Å². The second-order valence-corrected chi connectivity index (χ2v) is 3.02. The first-order chi connectivity index (χ1) is 5.84. The molecular weight excluding hydrogens is 148 g/mol. The molecule has 0 aromatic heterocycles. The van der Waals surface area contributed by atoms with E-state index in [1.54, 1.807) is 7.11 Å². The summed E-state index contributed by atoms with van der Waals surface area (Å²) in [7, 11) is 1.75. The van der Waals surface area contributed by atoms with Crippen molar-refractivity contribution in [3.8, 4) is 0 Å². The summed E-state index contributed by atoms with van der Waals surface area (Å²) >= 11 is 0. The van der Waals surface area contributed by atoms with Gasteiger partial charge in [0.25, 0.3) is 0 Å². The van der Waals surface area contributed by atoms with Gasteiger partial charge in [-0.1, -0.05) is 35.5 Å². The molecule has 0 aromatic carbocycles. The van der Waals surface area contributed by atoms with Crippen LogP contribution in [0, 0.1) is 0 Å². The van der Waals surface area contributed by atoms with Crippen molar-refractivity contribution in [3.05, 3.63) is 35.5 Å². The van der Waals surface area contributed by atoms with Crippen molar-refractivity contribution in [1.82, 2.24) is 0 Å². The van der Waals surface area contributed by atoms with Crippen LogP contribution in [0.2, 0.25) is 0 Å². The highest BCUT2D eigenvalue weighted by Crippen LogP contribution is 2.17. The van der Waals surface area contributed by atoms with Crippen molar-refractivity contribution >= 4 is 0 Å². The summed E-state index contributed by atoms with van der Waals surface area (Å²) in [4.78, 5) is 0. The molecule has 0 unspecified atom stereocenters. The highest BCUT2D eigenvalue weighted by molar-refractivity contribution is 5.30. The molecule has 0 aromatic rings. The third-order valence-electron chi connectivity index (χ3n) is 2.12. The molecule has 0 fully saturated rings. The number of allylic oxidation sites excluding steroid dienone is 5. The van der Waals surface area contributed by atoms with Crippen molar-refractivity contribution in [2.75, 3.05) is 13.7 Å². The average molecular weight is 164 g/mol. The molecule has 1 aliphatic carbocycles. The summed E-state index contributed by atoms with van der Waals surface area (Å²) < 4.78 is 5.05. The van der Waals surface area contributed by atoms with Crippen LogP contribution in [-0.4, -0.2) is 13.7 Å². The van der Waals surface area contributed by atoms with E-state index in [0.717, 1.165) is 19.4 Å². The van der Waals surface area contributed by atoms with Gasteiger partial charge in [-0.05, 0) is 19.8 Å². The SMILES string of the molecule is COCCC1=C(C)C=CC=CC1. The summed E-state index contributed by atoms with van der Waals surface area (Å²) in [6, 6.07) is 0. The molecule has 66 valence electrons. The van der Waals surface area contributed by atoms with Crippen LogP contribution >= 0.6 is 0 Å². The van der Waals surface area contributed by atoms with Gasteiger partial charge in [-0.2, -0.15) is 0 Å². The number of methoxy groups -OCH3 is 1. The maximum Gasteiger partial charge on any atom is 0.0499 e. The Kier molecular flexibility index (Phi) is 3.81. The average Bonchev–Trinajstić information content (AvgIpc) is 2.27. The van der Waals surface area contributed by atoms with E-state index in [0.29, 0.717) is 0 Å². The molecule has 0 spiro atoms. The second kappa shape index (κ2) is 4.94. The largest absolute Gasteiger partial charge is 0.384 e. The van der Waals surface area contributed by atoms with Gasteiger partial charge in [-0.3, -0.25) is 0 Å². The van der Waals surface area contributed by atoms with Gasteiger partial charge in [0.15, 0.2) is 0 Å². The van der Waals surface area contributed by atoms with E-state index in [2.05, 4.69) is 31.2 Å². The monoisotopic (exact) mass is 164 g/mol. The molecule has 0 heterocycles. The maximum absolute atomic E-state index is 5.05. The summed E-state index contributed by atoms with van der Waals surface area (Å²) in [6.07, 6.45) is 10.7. The van der Waals surface area contributed by atoms with Crippen molar-refractivity contribution in [1.29, 1.82) is 0 Å². The lowest BCUT2D eigenvalue weighted by atomic mass is 10.0. The molecule has 1 aliphatic rings. The van der Waals surface area contributed by atoms with E-state index >= 15 is 0 Å². The topological polar surface area (TPSA) is 9.23 Å². The van der Waals surface area contributed by atoms with E-state index in [1.807, 2.05) is 0 Å². The van der Waals surface area contributed by atoms with Crippen LogP contribution in [0.3, 0.4) is 0 Å². The Bertz CT molecular complexity index is 221. The molecule has 0 N–H and O–H groups in total. The zero-order chi connectivity index (χ0) is 8.81. The summed E-state index contributed by atoms with van der Waals surface area (Å²) in [5.74, 6) is 0. The Balaban J connectivity index is 2.58. The molecule has 0 saturated carbocycles. The minimum atomic E-state index is 0.828. The highest BCUT2D eigenvalue weighted by atomic mass is 16.5. The quantitative estimate of drug-likeness (QED) is 0.623. The normalized spacial score (nSPS) is 16.8. The lowest BCUT2D eigenvalue weighted by Gasteiger charge is -2.05. The fraction of sp³-hybridized carbons (Fsp3) is 0.455. The van der Waals surface area contributed by atoms with Gasteiger partial charge in [0.2, 0.25) is 0 Å². The predicted octanol–water partition coefficient (Wildman–Crippen LogP) is 2.86. The van der Waals surface area contributed by atoms with Crippen LogP contribution < -0.4 is 0 Å². The molecule has 1 rings (SSSR count). The van der Waals surface area contributed by atoms with Gasteiger partial charge < -0.3 is 4.74 Å². The second-order valence-electron chi connectivity index (χ2n) is 3.02. The van der Waals surface area contributed by atoms with Gasteiger partial charge in [0.05, 0.1) is 0 Å². The van der Waals surface area contributed by atoms with Gasteiger partial charge in [0.1, 0.15) is 0 Å². The molecular formula is C11H16O. The zero-order valence-electron chi connectivity index (χ0n) is 7.84. The van der Waals surface area contributed by atoms with E-state index in [4.69, 9.17) is 4.74 Å². The lowest BCUT2D eigenvalue weighted by molar-refractivity contribution is 0.201. The molecule has 0 saturated heterocycles. The van der Waals surface area contributed by atoms with Gasteiger partial charge in [-0.25, -0.2) is 0 Å². The van der Waals surface area contributed by atoms with E-state index in [-0.39, 0.29) is 0 Å². The number of ether oxygens (including phenoxy) is 1. The third-order valence-corrected chi connectivity index (χ3v) is 2.12. The first kappa shape index (κ1) is 9.27. The van der Waals surface area contributed by atoms with Gasteiger partial charge in [0, 0.05) is 13.7 Å². The Morgan fingerprint density at radius 2 is 2.25 bits per heavy atom. The summed E-state index contributed by atoms with van der Waals surface area (Å²) in [5, 5.41) is 0. The van der Waals surface area contributed by atoms with Crippen molar-refractivity contribution in [2.45, 2.75) is 19.8 Å². The minimum Gasteiger partial charge on any atom is -0.384 e. The summed E-state index contributed by atoms with van der Waals surface area (Å²) in [5.41, 5.74) is 2.87. The fourth-order valence-electron chi connectivity index (χ4n) is 1.29. The molecule has 0 bridgehead atoms. The standard InChI is InChI=1S/C11H16O/c1-10-6-4-3-5-7-11(10)8-9-12-2/h3-6H,7-9H2,1-2H3. The molecule has 0 radical (unpaired) electrons. The maximum atomic E-state index is 5.05. The van der Waals surface area contributed by atoms with Gasteiger partial charge in [-0.15, -0.1) is 0 Å². The van der Waals surface area contributed by atoms with E-state index in [1.165, 1.54) is 11.1 Å². The van der Waals surface area contributed by atoms with Crippen LogP contribution in [0.4, 0.5) is 0 Å². The van der Waals surface area contributed by atoms with E-state index < -0.39 is 0 Å². The Morgan fingerprint density at radius 3 is 3.00 bits per heavy atom. The van der Waals surface area contributed by atoms with Crippen molar-refractivity contribution in [3.63, 3.8) is 0 Å². The third kappa shape index (κ3) is 2.67. The first-order valence-corrected chi connectivity index (χ1v) is 4.35. The number of hydrogen-bond donors (Lipinski definition) is 0. The van der Waals surface area contributed by atoms with Crippen LogP contribution in [0.5, 0.6) is 0 Å². The first-order valence-electron chi connectivity index (χ1n) is 4.35. The zero-order valence-corrected chi connectivity index (χ0v) is 7.84. The fourth-order valence-corrected chi connectivity index (χ4v) is 1.29. The molecule has 0 atom stereocenters. The Labute approximate surface area is 74.4 Å². The Morgan fingerprint density at radius 1 is 1.42 bits per heavy atom. The Hall–Kier alpha value is -0.820. The van der Waals surface area contributed by atoms with Crippen LogP contribution in [0.25, 0.3) is 0 Å². The lowest BCUT2D eigenvalue weighted by Crippen LogP contribution is -1.93. The van der Waals surface area contributed by atoms with E-state index in [9.17, 15) is 0 Å².